The summed E-state index contributed by atoms with van der Waals surface area (Å²) in [5.41, 5.74) is 0. The monoisotopic (exact) mass is 1270 g/mol. The molecule has 0 aromatic carbocycles. The highest BCUT2D eigenvalue weighted by atomic mass is 31.2. The van der Waals surface area contributed by atoms with E-state index in [0.717, 1.165) is 109 Å². The summed E-state index contributed by atoms with van der Waals surface area (Å²) in [5, 5.41) is 14.0. The SMILES string of the molecule is CC/C=C\C/C=C\C/C=C\C/C=C\C/C=C\C/C=C\C/C=C\C/C=C\C/C=C\C/C=C\CCCCCCCCCCCCC(=O)NC(COP(=O)(O)OCC[N+](C)(C)C)C(O)/C=C/CCCCCCCCCCCCCCCCCCCCCCCCCCC. The molecule has 0 aliphatic carbocycles. The lowest BCUT2D eigenvalue weighted by atomic mass is 10.0. The minimum absolute atomic E-state index is 0.0557. The zero-order valence-corrected chi connectivity index (χ0v) is 60.2. The first-order chi connectivity index (χ1) is 44.0. The Balaban J connectivity index is 4.09. The van der Waals surface area contributed by atoms with E-state index in [1.165, 1.54) is 193 Å². The number of nitrogens with zero attached hydrogens (tertiary/aromatic N) is 1. The number of carbonyl (C=O) groups is 1. The highest BCUT2D eigenvalue weighted by Gasteiger charge is 2.28. The third-order valence-electron chi connectivity index (χ3n) is 16.4. The summed E-state index contributed by atoms with van der Waals surface area (Å²) in [6.45, 7) is 4.72. The van der Waals surface area contributed by atoms with Crippen molar-refractivity contribution in [3.05, 3.63) is 134 Å². The number of nitrogens with one attached hydrogen (secondary N) is 1. The van der Waals surface area contributed by atoms with Gasteiger partial charge >= 0.3 is 7.82 Å². The standard InChI is InChI=1S/C81H143N2O6P/c1-6-8-10-12-14-16-18-20-22-24-26-28-30-32-34-35-36-37-38-39-40-41-42-43-44-45-46-47-49-51-53-55-57-59-61-63-65-67-69-71-73-75-81(85)82-79(78-89-90(86,87)88-77-76-83(3,4)5)80(84)74-72-70-68-66-64-62-60-58-56-54-52-50-48-33-31-29-27-25-23-21-19-17-15-13-11-9-7-2/h8,10,14,16,20,22,26,28,32,34,36-37,39-40,42-43,45-46,49,51,72,74,79-80,84H,6-7,9,11-13,15,17-19,21,23-25,27,29-31,33,35,38,41,44,47-48,50,52-71,73,75-78H2,1-5H3,(H-,82,85,86,87)/p+1/b10-8-,16-14-,22-20-,28-26-,34-32-,37-36-,40-39-,43-42-,46-45-,51-49-,74-72+. The Labute approximate surface area is 557 Å². The molecule has 0 aromatic heterocycles. The number of rotatable bonds is 68. The number of hydrogen-bond acceptors (Lipinski definition) is 5. The number of phosphoric ester groups is 1. The summed E-state index contributed by atoms with van der Waals surface area (Å²) < 4.78 is 23.8. The van der Waals surface area contributed by atoms with Crippen molar-refractivity contribution >= 4 is 13.7 Å². The normalized spacial score (nSPS) is 14.3. The van der Waals surface area contributed by atoms with Gasteiger partial charge < -0.3 is 19.8 Å². The Morgan fingerprint density at radius 2 is 0.667 bits per heavy atom. The molecular weight excluding hydrogens is 1130 g/mol. The summed E-state index contributed by atoms with van der Waals surface area (Å²) in [7, 11) is 1.56. The Morgan fingerprint density at radius 1 is 0.389 bits per heavy atom. The van der Waals surface area contributed by atoms with Crippen molar-refractivity contribution in [2.75, 3.05) is 40.9 Å². The molecule has 0 bridgehead atoms. The number of aliphatic hydroxyl groups excluding tert-OH is 1. The first kappa shape index (κ1) is 86.6. The van der Waals surface area contributed by atoms with E-state index < -0.39 is 20.0 Å². The predicted octanol–water partition coefficient (Wildman–Crippen LogP) is 24.6. The largest absolute Gasteiger partial charge is 0.472 e. The quantitative estimate of drug-likeness (QED) is 0.0243. The van der Waals surface area contributed by atoms with Crippen molar-refractivity contribution in [2.45, 2.75) is 334 Å². The molecule has 3 N–H and O–H groups in total. The molecule has 0 fully saturated rings. The van der Waals surface area contributed by atoms with Crippen LogP contribution in [0.3, 0.4) is 0 Å². The molecule has 8 nitrogen and oxygen atoms in total. The van der Waals surface area contributed by atoms with Gasteiger partial charge in [-0.1, -0.05) is 353 Å². The van der Waals surface area contributed by atoms with Crippen molar-refractivity contribution in [3.8, 4) is 0 Å². The van der Waals surface area contributed by atoms with Crippen molar-refractivity contribution in [2.24, 2.45) is 0 Å². The Kier molecular flexibility index (Phi) is 67.4. The third kappa shape index (κ3) is 72.1. The Bertz CT molecular complexity index is 1930. The van der Waals surface area contributed by atoms with Gasteiger partial charge in [-0.25, -0.2) is 4.57 Å². The number of aliphatic hydroxyl groups is 1. The fourth-order valence-corrected chi connectivity index (χ4v) is 11.3. The van der Waals surface area contributed by atoms with Crippen LogP contribution in [-0.4, -0.2) is 73.4 Å². The number of hydrogen-bond donors (Lipinski definition) is 3. The second kappa shape index (κ2) is 70.0. The van der Waals surface area contributed by atoms with Crippen LogP contribution in [0.25, 0.3) is 0 Å². The van der Waals surface area contributed by atoms with Crippen LogP contribution in [0.2, 0.25) is 0 Å². The lowest BCUT2D eigenvalue weighted by Gasteiger charge is -2.25. The van der Waals surface area contributed by atoms with Crippen LogP contribution >= 0.6 is 7.82 Å². The second-order valence-electron chi connectivity index (χ2n) is 26.3. The van der Waals surface area contributed by atoms with Gasteiger partial charge in [0.2, 0.25) is 5.91 Å². The van der Waals surface area contributed by atoms with Crippen molar-refractivity contribution in [1.29, 1.82) is 0 Å². The van der Waals surface area contributed by atoms with Gasteiger partial charge in [-0.2, -0.15) is 0 Å². The van der Waals surface area contributed by atoms with E-state index in [4.69, 9.17) is 9.05 Å². The molecule has 518 valence electrons. The molecular formula is C81H144N2O6P+. The molecule has 0 saturated heterocycles. The molecule has 0 heterocycles. The fourth-order valence-electron chi connectivity index (χ4n) is 10.6. The number of allylic oxidation sites excluding steroid dienone is 21. The van der Waals surface area contributed by atoms with E-state index in [2.05, 4.69) is 141 Å². The zero-order chi connectivity index (χ0) is 65.5. The van der Waals surface area contributed by atoms with Gasteiger partial charge in [0.25, 0.3) is 0 Å². The maximum Gasteiger partial charge on any atom is 0.472 e. The van der Waals surface area contributed by atoms with Gasteiger partial charge in [0.05, 0.1) is 39.9 Å². The molecule has 1 amide bonds. The van der Waals surface area contributed by atoms with Crippen molar-refractivity contribution < 1.29 is 32.9 Å². The molecule has 3 unspecified atom stereocenters. The lowest BCUT2D eigenvalue weighted by Crippen LogP contribution is -2.45. The van der Waals surface area contributed by atoms with Crippen LogP contribution in [0, 0.1) is 0 Å². The summed E-state index contributed by atoms with van der Waals surface area (Å²) in [6.07, 6.45) is 106. The number of amides is 1. The molecule has 0 rings (SSSR count). The molecule has 9 heteroatoms. The number of carbonyl (C=O) groups excluding carboxylic acids is 1. The maximum absolute atomic E-state index is 13.1. The summed E-state index contributed by atoms with van der Waals surface area (Å²) >= 11 is 0. The minimum Gasteiger partial charge on any atom is -0.387 e. The smallest absolute Gasteiger partial charge is 0.387 e. The summed E-state index contributed by atoms with van der Waals surface area (Å²) in [5.74, 6) is -0.183. The van der Waals surface area contributed by atoms with Gasteiger partial charge in [-0.3, -0.25) is 13.8 Å². The third-order valence-corrected chi connectivity index (χ3v) is 17.4. The predicted molar refractivity (Wildman–Crippen MR) is 396 cm³/mol. The average molecular weight is 1270 g/mol. The first-order valence-electron chi connectivity index (χ1n) is 37.6. The van der Waals surface area contributed by atoms with Crippen LogP contribution in [0.15, 0.2) is 134 Å². The highest BCUT2D eigenvalue weighted by molar-refractivity contribution is 7.47. The van der Waals surface area contributed by atoms with Gasteiger partial charge in [-0.15, -0.1) is 0 Å². The number of quaternary nitrogens is 1. The molecule has 90 heavy (non-hydrogen) atoms. The van der Waals surface area contributed by atoms with Crippen LogP contribution in [-0.2, 0) is 18.4 Å². The lowest BCUT2D eigenvalue weighted by molar-refractivity contribution is -0.870. The van der Waals surface area contributed by atoms with E-state index in [0.29, 0.717) is 17.4 Å². The number of likely N-dealkylation sites (N-methyl/N-ethyl adjacent to an activating group) is 1. The topological polar surface area (TPSA) is 105 Å². The number of phosphoric acid groups is 1. The van der Waals surface area contributed by atoms with Crippen molar-refractivity contribution in [1.82, 2.24) is 5.32 Å². The van der Waals surface area contributed by atoms with E-state index in [1.807, 2.05) is 27.2 Å². The summed E-state index contributed by atoms with van der Waals surface area (Å²) in [4.78, 5) is 23.5. The van der Waals surface area contributed by atoms with Crippen LogP contribution in [0.5, 0.6) is 0 Å². The Hall–Kier alpha value is -3.36. The van der Waals surface area contributed by atoms with Crippen LogP contribution in [0.4, 0.5) is 0 Å². The minimum atomic E-state index is -4.37. The fraction of sp³-hybridized carbons (Fsp3) is 0.716. The van der Waals surface area contributed by atoms with Crippen molar-refractivity contribution in [3.63, 3.8) is 0 Å². The molecule has 0 spiro atoms. The van der Waals surface area contributed by atoms with Crippen LogP contribution < -0.4 is 5.32 Å². The van der Waals surface area contributed by atoms with E-state index in [-0.39, 0.29) is 19.1 Å². The molecule has 0 radical (unpaired) electrons. The maximum atomic E-state index is 13.1. The van der Waals surface area contributed by atoms with Gasteiger partial charge in [0, 0.05) is 6.42 Å². The van der Waals surface area contributed by atoms with Crippen LogP contribution in [0.1, 0.15) is 322 Å². The molecule has 0 saturated carbocycles. The highest BCUT2D eigenvalue weighted by Crippen LogP contribution is 2.43. The number of unbranched alkanes of at least 4 members (excludes halogenated alkanes) is 35. The van der Waals surface area contributed by atoms with E-state index in [9.17, 15) is 19.4 Å². The van der Waals surface area contributed by atoms with Gasteiger partial charge in [0.1, 0.15) is 13.2 Å². The Morgan fingerprint density at radius 3 is 0.978 bits per heavy atom. The van der Waals surface area contributed by atoms with Gasteiger partial charge in [-0.05, 0) is 96.3 Å². The molecule has 0 aliphatic rings. The second-order valence-corrected chi connectivity index (χ2v) is 27.7. The molecule has 0 aromatic rings. The molecule has 3 atom stereocenters. The summed E-state index contributed by atoms with van der Waals surface area (Å²) in [6, 6.07) is -0.859. The van der Waals surface area contributed by atoms with E-state index in [1.54, 1.807) is 6.08 Å². The zero-order valence-electron chi connectivity index (χ0n) is 59.3. The average Bonchev–Trinajstić information content (AvgIpc) is 3.09. The molecule has 0 aliphatic heterocycles. The van der Waals surface area contributed by atoms with Gasteiger partial charge in [0.15, 0.2) is 0 Å². The van der Waals surface area contributed by atoms with E-state index >= 15 is 0 Å². The first-order valence-corrected chi connectivity index (χ1v) is 39.1.